The van der Waals surface area contributed by atoms with E-state index >= 15 is 0 Å². The van der Waals surface area contributed by atoms with Gasteiger partial charge in [-0.3, -0.25) is 9.59 Å². The molecule has 0 unspecified atom stereocenters. The van der Waals surface area contributed by atoms with E-state index in [0.717, 1.165) is 11.1 Å². The maximum absolute atomic E-state index is 13.0. The molecule has 0 bridgehead atoms. The van der Waals surface area contributed by atoms with Gasteiger partial charge in [0.2, 0.25) is 11.8 Å². The number of piperazine rings is 1. The maximum Gasteiger partial charge on any atom is 0.254 e. The van der Waals surface area contributed by atoms with Gasteiger partial charge in [0, 0.05) is 50.3 Å². The normalized spacial score (nSPS) is 16.6. The van der Waals surface area contributed by atoms with Gasteiger partial charge in [-0.25, -0.2) is 0 Å². The third-order valence-corrected chi connectivity index (χ3v) is 6.45. The summed E-state index contributed by atoms with van der Waals surface area (Å²) in [5, 5.41) is 5.81. The minimum atomic E-state index is -0.505. The van der Waals surface area contributed by atoms with E-state index < -0.39 is 6.04 Å². The Morgan fingerprint density at radius 1 is 1.26 bits per heavy atom. The van der Waals surface area contributed by atoms with Crippen LogP contribution in [0.2, 0.25) is 0 Å². The number of likely N-dealkylation sites (N-methyl/N-ethyl adjacent to an activating group) is 1. The quantitative estimate of drug-likeness (QED) is 0.565. The maximum atomic E-state index is 13.0. The summed E-state index contributed by atoms with van der Waals surface area (Å²) in [6.07, 6.45) is 1.15. The van der Waals surface area contributed by atoms with Crippen molar-refractivity contribution in [1.82, 2.24) is 15.0 Å². The zero-order chi connectivity index (χ0) is 21.8. The van der Waals surface area contributed by atoms with Crippen LogP contribution in [-0.4, -0.2) is 60.1 Å². The van der Waals surface area contributed by atoms with Gasteiger partial charge >= 0.3 is 0 Å². The molecule has 0 spiro atoms. The van der Waals surface area contributed by atoms with Crippen LogP contribution in [0.25, 0.3) is 10.4 Å². The molecule has 1 aromatic carbocycles. The molecule has 1 atom stereocenters. The van der Waals surface area contributed by atoms with E-state index in [9.17, 15) is 9.59 Å². The van der Waals surface area contributed by atoms with Crippen LogP contribution in [0.4, 0.5) is 0 Å². The van der Waals surface area contributed by atoms with Gasteiger partial charge in [-0.05, 0) is 27.7 Å². The van der Waals surface area contributed by atoms with E-state index in [1.807, 2.05) is 23.6 Å². The van der Waals surface area contributed by atoms with Crippen molar-refractivity contribution in [3.63, 3.8) is 0 Å². The second kappa shape index (κ2) is 9.34. The Morgan fingerprint density at radius 3 is 2.87 bits per heavy atom. The average Bonchev–Trinajstić information content (AvgIpc) is 3.48. The van der Waals surface area contributed by atoms with Crippen molar-refractivity contribution in [2.45, 2.75) is 25.3 Å². The van der Waals surface area contributed by atoms with Crippen LogP contribution < -0.4 is 4.74 Å². The summed E-state index contributed by atoms with van der Waals surface area (Å²) in [5.74, 6) is 0.894. The second-order valence-corrected chi connectivity index (χ2v) is 8.53. The highest BCUT2D eigenvalue weighted by Gasteiger charge is 2.35. The summed E-state index contributed by atoms with van der Waals surface area (Å²) in [6, 6.07) is 13.5. The first-order chi connectivity index (χ1) is 15.0. The lowest BCUT2D eigenvalue weighted by atomic mass is 9.99. The van der Waals surface area contributed by atoms with Crippen molar-refractivity contribution >= 4 is 23.2 Å². The van der Waals surface area contributed by atoms with Crippen LogP contribution >= 0.6 is 11.3 Å². The Morgan fingerprint density at radius 2 is 2.13 bits per heavy atom. The Hall–Kier alpha value is -3.13. The molecule has 2 aromatic heterocycles. The molecule has 8 heteroatoms. The summed E-state index contributed by atoms with van der Waals surface area (Å²) in [4.78, 5) is 30.6. The number of methoxy groups -OCH3 is 1. The van der Waals surface area contributed by atoms with Crippen LogP contribution in [0, 0.1) is 0 Å². The van der Waals surface area contributed by atoms with Crippen molar-refractivity contribution in [2.75, 3.05) is 27.2 Å². The average molecular weight is 440 g/mol. The predicted octanol–water partition coefficient (Wildman–Crippen LogP) is 3.26. The van der Waals surface area contributed by atoms with Crippen LogP contribution in [0.5, 0.6) is 5.88 Å². The molecule has 162 valence electrons. The summed E-state index contributed by atoms with van der Waals surface area (Å²) < 4.78 is 10.2. The fourth-order valence-electron chi connectivity index (χ4n) is 3.81. The minimum Gasteiger partial charge on any atom is -0.479 e. The zero-order valence-corrected chi connectivity index (χ0v) is 18.4. The largest absolute Gasteiger partial charge is 0.479 e. The molecule has 7 nitrogen and oxygen atoms in total. The number of carbonyl (C=O) groups is 2. The van der Waals surface area contributed by atoms with Gasteiger partial charge in [-0.15, -0.1) is 11.3 Å². The van der Waals surface area contributed by atoms with E-state index in [1.54, 1.807) is 34.3 Å². The predicted molar refractivity (Wildman–Crippen MR) is 118 cm³/mol. The fourth-order valence-corrected chi connectivity index (χ4v) is 4.53. The molecular weight excluding hydrogens is 414 g/mol. The van der Waals surface area contributed by atoms with Crippen LogP contribution in [0.3, 0.4) is 0 Å². The first kappa shape index (κ1) is 21.1. The molecule has 1 aliphatic heterocycles. The SMILES string of the molecule is COc1cc(CCC(=O)N2CCN(C)C(=O)[C@@H]2Cc2cccc(-c3cccs3)c2)on1. The number of nitrogens with zero attached hydrogens (tertiary/aromatic N) is 3. The third-order valence-electron chi connectivity index (χ3n) is 5.53. The number of amides is 2. The van der Waals surface area contributed by atoms with Gasteiger partial charge in [0.1, 0.15) is 11.8 Å². The van der Waals surface area contributed by atoms with Crippen LogP contribution in [0.1, 0.15) is 17.7 Å². The van der Waals surface area contributed by atoms with Gasteiger partial charge < -0.3 is 19.1 Å². The molecule has 0 saturated carbocycles. The van der Waals surface area contributed by atoms with Crippen LogP contribution in [-0.2, 0) is 22.4 Å². The van der Waals surface area contributed by atoms with E-state index in [4.69, 9.17) is 9.26 Å². The number of aryl methyl sites for hydroxylation is 1. The molecule has 0 radical (unpaired) electrons. The molecule has 3 aromatic rings. The number of carbonyl (C=O) groups excluding carboxylic acids is 2. The van der Waals surface area contributed by atoms with Crippen molar-refractivity contribution in [2.24, 2.45) is 0 Å². The standard InChI is InChI=1S/C23H25N3O4S/c1-25-10-11-26(22(27)9-8-18-15-21(29-2)24-30-18)19(23(25)28)14-16-5-3-6-17(13-16)20-7-4-12-31-20/h3-7,12-13,15,19H,8-11,14H2,1-2H3/t19-/m0/s1. The first-order valence-corrected chi connectivity index (χ1v) is 11.1. The molecule has 1 fully saturated rings. The lowest BCUT2D eigenvalue weighted by Crippen LogP contribution is -2.58. The van der Waals surface area contributed by atoms with Crippen molar-refractivity contribution < 1.29 is 18.8 Å². The lowest BCUT2D eigenvalue weighted by molar-refractivity contribution is -0.150. The lowest BCUT2D eigenvalue weighted by Gasteiger charge is -2.39. The Labute approximate surface area is 185 Å². The second-order valence-electron chi connectivity index (χ2n) is 7.58. The Kier molecular flexibility index (Phi) is 6.36. The monoisotopic (exact) mass is 439 g/mol. The van der Waals surface area contributed by atoms with E-state index in [-0.39, 0.29) is 18.2 Å². The number of thiophene rings is 1. The van der Waals surface area contributed by atoms with E-state index in [2.05, 4.69) is 23.4 Å². The molecule has 1 aliphatic rings. The summed E-state index contributed by atoms with van der Waals surface area (Å²) in [5.41, 5.74) is 2.17. The molecule has 3 heterocycles. The van der Waals surface area contributed by atoms with Gasteiger partial charge in [-0.1, -0.05) is 30.3 Å². The molecule has 4 rings (SSSR count). The summed E-state index contributed by atoms with van der Waals surface area (Å²) in [6.45, 7) is 1.06. The highest BCUT2D eigenvalue weighted by atomic mass is 32.1. The number of aromatic nitrogens is 1. The number of hydrogen-bond acceptors (Lipinski definition) is 6. The molecular formula is C23H25N3O4S. The highest BCUT2D eigenvalue weighted by molar-refractivity contribution is 7.13. The summed E-state index contributed by atoms with van der Waals surface area (Å²) >= 11 is 1.68. The van der Waals surface area contributed by atoms with E-state index in [1.165, 1.54) is 12.0 Å². The molecule has 0 N–H and O–H groups in total. The van der Waals surface area contributed by atoms with Gasteiger partial charge in [0.25, 0.3) is 5.88 Å². The summed E-state index contributed by atoms with van der Waals surface area (Å²) in [7, 11) is 3.31. The van der Waals surface area contributed by atoms with Crippen LogP contribution in [0.15, 0.2) is 52.4 Å². The first-order valence-electron chi connectivity index (χ1n) is 10.2. The Balaban J connectivity index is 1.48. The third kappa shape index (κ3) is 4.80. The number of benzene rings is 1. The van der Waals surface area contributed by atoms with Gasteiger partial charge in [0.05, 0.1) is 7.11 Å². The van der Waals surface area contributed by atoms with Crippen molar-refractivity contribution in [1.29, 1.82) is 0 Å². The number of ether oxygens (including phenoxy) is 1. The molecule has 1 saturated heterocycles. The van der Waals surface area contributed by atoms with Crippen molar-refractivity contribution in [3.05, 3.63) is 59.2 Å². The smallest absolute Gasteiger partial charge is 0.254 e. The Bertz CT molecular complexity index is 1050. The molecule has 0 aliphatic carbocycles. The van der Waals surface area contributed by atoms with Gasteiger partial charge in [-0.2, -0.15) is 0 Å². The minimum absolute atomic E-state index is 0.0255. The fraction of sp³-hybridized carbons (Fsp3) is 0.348. The highest BCUT2D eigenvalue weighted by Crippen LogP contribution is 2.26. The van der Waals surface area contributed by atoms with Gasteiger partial charge in [0.15, 0.2) is 0 Å². The zero-order valence-electron chi connectivity index (χ0n) is 17.6. The molecule has 2 amide bonds. The number of hydrogen-bond donors (Lipinski definition) is 0. The van der Waals surface area contributed by atoms with Crippen molar-refractivity contribution in [3.8, 4) is 16.3 Å². The van der Waals surface area contributed by atoms with E-state index in [0.29, 0.717) is 37.6 Å². The molecule has 31 heavy (non-hydrogen) atoms. The number of rotatable bonds is 7. The topological polar surface area (TPSA) is 75.9 Å².